The summed E-state index contributed by atoms with van der Waals surface area (Å²) in [5.41, 5.74) is 0.864. The van der Waals surface area contributed by atoms with Crippen LogP contribution >= 0.6 is 15.9 Å². The summed E-state index contributed by atoms with van der Waals surface area (Å²) in [4.78, 5) is 23.7. The fourth-order valence-corrected chi connectivity index (χ4v) is 2.70. The quantitative estimate of drug-likeness (QED) is 0.854. The summed E-state index contributed by atoms with van der Waals surface area (Å²) >= 11 is 3.31. The SMILES string of the molecule is O=C(NC(C(=O)O)c1ccccc1Br)c1cnn(C2CC2)c1. The minimum atomic E-state index is -1.12. The lowest BCUT2D eigenvalue weighted by Crippen LogP contribution is -2.33. The third-order valence-electron chi connectivity index (χ3n) is 3.52. The van der Waals surface area contributed by atoms with Gasteiger partial charge in [0, 0.05) is 10.7 Å². The van der Waals surface area contributed by atoms with Crippen molar-refractivity contribution in [1.29, 1.82) is 0 Å². The highest BCUT2D eigenvalue weighted by Crippen LogP contribution is 2.34. The van der Waals surface area contributed by atoms with Gasteiger partial charge < -0.3 is 10.4 Å². The van der Waals surface area contributed by atoms with E-state index in [1.165, 1.54) is 6.20 Å². The van der Waals surface area contributed by atoms with Crippen LogP contribution in [0.2, 0.25) is 0 Å². The van der Waals surface area contributed by atoms with Crippen LogP contribution in [0.1, 0.15) is 40.8 Å². The monoisotopic (exact) mass is 363 g/mol. The first kappa shape index (κ1) is 14.8. The maximum atomic E-state index is 12.3. The van der Waals surface area contributed by atoms with Crippen LogP contribution in [0.5, 0.6) is 0 Å². The molecule has 2 N–H and O–H groups in total. The zero-order valence-electron chi connectivity index (χ0n) is 11.6. The van der Waals surface area contributed by atoms with E-state index in [2.05, 4.69) is 26.3 Å². The van der Waals surface area contributed by atoms with Gasteiger partial charge in [-0.1, -0.05) is 34.1 Å². The number of hydrogen-bond donors (Lipinski definition) is 2. The molecule has 0 radical (unpaired) electrons. The van der Waals surface area contributed by atoms with Crippen LogP contribution in [0.4, 0.5) is 0 Å². The van der Waals surface area contributed by atoms with Crippen LogP contribution in [-0.4, -0.2) is 26.8 Å². The Hall–Kier alpha value is -2.15. The van der Waals surface area contributed by atoms with Crippen molar-refractivity contribution in [3.05, 3.63) is 52.3 Å². The Labute approximate surface area is 135 Å². The summed E-state index contributed by atoms with van der Waals surface area (Å²) in [7, 11) is 0. The number of carboxylic acids is 1. The molecule has 114 valence electrons. The number of carbonyl (C=O) groups excluding carboxylic acids is 1. The number of benzene rings is 1. The molecule has 7 heteroatoms. The molecule has 1 aliphatic carbocycles. The second-order valence-electron chi connectivity index (χ2n) is 5.21. The normalized spacial score (nSPS) is 15.3. The van der Waals surface area contributed by atoms with E-state index in [9.17, 15) is 14.7 Å². The fraction of sp³-hybridized carbons (Fsp3) is 0.267. The zero-order chi connectivity index (χ0) is 15.7. The van der Waals surface area contributed by atoms with E-state index in [0.29, 0.717) is 21.6 Å². The van der Waals surface area contributed by atoms with Gasteiger partial charge in [-0.25, -0.2) is 4.79 Å². The van der Waals surface area contributed by atoms with Crippen molar-refractivity contribution in [2.75, 3.05) is 0 Å². The summed E-state index contributed by atoms with van der Waals surface area (Å²) in [5.74, 6) is -1.56. The number of aliphatic carboxylic acids is 1. The lowest BCUT2D eigenvalue weighted by molar-refractivity contribution is -0.139. The molecule has 1 aliphatic rings. The molecule has 1 unspecified atom stereocenters. The smallest absolute Gasteiger partial charge is 0.330 e. The number of nitrogens with one attached hydrogen (secondary N) is 1. The molecule has 0 bridgehead atoms. The lowest BCUT2D eigenvalue weighted by Gasteiger charge is -2.15. The Morgan fingerprint density at radius 3 is 2.73 bits per heavy atom. The highest BCUT2D eigenvalue weighted by Gasteiger charge is 2.27. The van der Waals surface area contributed by atoms with Gasteiger partial charge in [-0.2, -0.15) is 5.10 Å². The fourth-order valence-electron chi connectivity index (χ4n) is 2.19. The van der Waals surface area contributed by atoms with Gasteiger partial charge in [-0.15, -0.1) is 0 Å². The third kappa shape index (κ3) is 3.04. The molecule has 0 saturated heterocycles. The lowest BCUT2D eigenvalue weighted by atomic mass is 10.1. The van der Waals surface area contributed by atoms with Crippen molar-refractivity contribution >= 4 is 27.8 Å². The molecule has 0 aliphatic heterocycles. The molecule has 1 aromatic carbocycles. The number of carboxylic acid groups (broad SMARTS) is 1. The van der Waals surface area contributed by atoms with Crippen molar-refractivity contribution in [2.24, 2.45) is 0 Å². The largest absolute Gasteiger partial charge is 0.479 e. The van der Waals surface area contributed by atoms with Crippen molar-refractivity contribution in [3.8, 4) is 0 Å². The number of carbonyl (C=O) groups is 2. The second-order valence-corrected chi connectivity index (χ2v) is 6.06. The molecule has 0 spiro atoms. The Morgan fingerprint density at radius 2 is 2.09 bits per heavy atom. The Bertz CT molecular complexity index is 724. The number of aromatic nitrogens is 2. The molecule has 1 atom stereocenters. The van der Waals surface area contributed by atoms with E-state index in [1.807, 2.05) is 0 Å². The summed E-state index contributed by atoms with van der Waals surface area (Å²) < 4.78 is 2.39. The zero-order valence-corrected chi connectivity index (χ0v) is 13.2. The standard InChI is InChI=1S/C15H14BrN3O3/c16-12-4-2-1-3-11(12)13(15(21)22)18-14(20)9-7-17-19(8-9)10-5-6-10/h1-4,7-8,10,13H,5-6H2,(H,18,20)(H,21,22). The number of amides is 1. The first-order valence-corrected chi connectivity index (χ1v) is 7.68. The summed E-state index contributed by atoms with van der Waals surface area (Å²) in [6.07, 6.45) is 5.26. The van der Waals surface area contributed by atoms with Crippen LogP contribution in [0.15, 0.2) is 41.1 Å². The van der Waals surface area contributed by atoms with Crippen molar-refractivity contribution in [3.63, 3.8) is 0 Å². The average Bonchev–Trinajstić information content (AvgIpc) is 3.22. The molecule has 1 fully saturated rings. The molecular formula is C15H14BrN3O3. The van der Waals surface area contributed by atoms with Gasteiger partial charge in [0.2, 0.25) is 0 Å². The third-order valence-corrected chi connectivity index (χ3v) is 4.25. The van der Waals surface area contributed by atoms with Crippen LogP contribution in [0.25, 0.3) is 0 Å². The number of halogens is 1. The van der Waals surface area contributed by atoms with E-state index >= 15 is 0 Å². The predicted octanol–water partition coefficient (Wildman–Crippen LogP) is 2.54. The molecule has 1 amide bonds. The highest BCUT2D eigenvalue weighted by atomic mass is 79.9. The molecule has 2 aromatic rings. The van der Waals surface area contributed by atoms with E-state index in [4.69, 9.17) is 0 Å². The summed E-state index contributed by atoms with van der Waals surface area (Å²) in [6, 6.07) is 6.17. The molecule has 3 rings (SSSR count). The van der Waals surface area contributed by atoms with E-state index < -0.39 is 17.9 Å². The van der Waals surface area contributed by atoms with E-state index in [1.54, 1.807) is 35.1 Å². The number of nitrogens with zero attached hydrogens (tertiary/aromatic N) is 2. The van der Waals surface area contributed by atoms with Crippen molar-refractivity contribution in [2.45, 2.75) is 24.9 Å². The Kier molecular flexibility index (Phi) is 3.98. The topological polar surface area (TPSA) is 84.2 Å². The molecule has 22 heavy (non-hydrogen) atoms. The predicted molar refractivity (Wildman–Crippen MR) is 82.5 cm³/mol. The van der Waals surface area contributed by atoms with Crippen LogP contribution in [0, 0.1) is 0 Å². The second kappa shape index (κ2) is 5.92. The van der Waals surface area contributed by atoms with Gasteiger partial charge in [0.15, 0.2) is 6.04 Å². The summed E-state index contributed by atoms with van der Waals surface area (Å²) in [6.45, 7) is 0. The molecule has 1 aromatic heterocycles. The van der Waals surface area contributed by atoms with Crippen molar-refractivity contribution in [1.82, 2.24) is 15.1 Å². The first-order chi connectivity index (χ1) is 10.6. The maximum Gasteiger partial charge on any atom is 0.330 e. The van der Waals surface area contributed by atoms with Gasteiger partial charge in [-0.3, -0.25) is 9.48 Å². The van der Waals surface area contributed by atoms with Gasteiger partial charge in [0.25, 0.3) is 5.91 Å². The molecule has 1 heterocycles. The van der Waals surface area contributed by atoms with Crippen LogP contribution in [0.3, 0.4) is 0 Å². The van der Waals surface area contributed by atoms with Gasteiger partial charge >= 0.3 is 5.97 Å². The minimum Gasteiger partial charge on any atom is -0.479 e. The molecular weight excluding hydrogens is 350 g/mol. The van der Waals surface area contributed by atoms with Crippen molar-refractivity contribution < 1.29 is 14.7 Å². The van der Waals surface area contributed by atoms with Gasteiger partial charge in [-0.05, 0) is 24.5 Å². The first-order valence-electron chi connectivity index (χ1n) is 6.88. The van der Waals surface area contributed by atoms with Gasteiger partial charge in [0.1, 0.15) is 0 Å². The van der Waals surface area contributed by atoms with E-state index in [-0.39, 0.29) is 0 Å². The Morgan fingerprint density at radius 1 is 1.36 bits per heavy atom. The molecule has 6 nitrogen and oxygen atoms in total. The maximum absolute atomic E-state index is 12.3. The average molecular weight is 364 g/mol. The van der Waals surface area contributed by atoms with Crippen LogP contribution in [-0.2, 0) is 4.79 Å². The summed E-state index contributed by atoms with van der Waals surface area (Å²) in [5, 5.41) is 16.1. The number of hydrogen-bond acceptors (Lipinski definition) is 3. The molecule has 1 saturated carbocycles. The van der Waals surface area contributed by atoms with Crippen LogP contribution < -0.4 is 5.32 Å². The minimum absolute atomic E-state index is 0.366. The van der Waals surface area contributed by atoms with E-state index in [0.717, 1.165) is 12.8 Å². The number of rotatable bonds is 5. The Balaban J connectivity index is 1.79. The van der Waals surface area contributed by atoms with Gasteiger partial charge in [0.05, 0.1) is 17.8 Å². The highest BCUT2D eigenvalue weighted by molar-refractivity contribution is 9.10.